The van der Waals surface area contributed by atoms with Gasteiger partial charge in [-0.25, -0.2) is 0 Å². The topological polar surface area (TPSA) is 59.4 Å². The molecule has 1 aliphatic heterocycles. The van der Waals surface area contributed by atoms with Crippen LogP contribution in [0, 0.1) is 25.7 Å². The molecule has 0 unspecified atom stereocenters. The number of aromatic nitrogens is 1. The van der Waals surface area contributed by atoms with Gasteiger partial charge in [-0.1, -0.05) is 12.2 Å². The molecule has 0 spiro atoms. The minimum Gasteiger partial charge on any atom is -0.339 e. The molecule has 2 aliphatic rings. The largest absolute Gasteiger partial charge is 0.406 e. The summed E-state index contributed by atoms with van der Waals surface area (Å²) in [5.41, 5.74) is 0.600. The summed E-state index contributed by atoms with van der Waals surface area (Å²) < 4.78 is 39.1. The number of alkyl halides is 3. The van der Waals surface area contributed by atoms with Crippen molar-refractivity contribution in [1.29, 1.82) is 0 Å². The van der Waals surface area contributed by atoms with Gasteiger partial charge in [-0.3, -0.25) is 19.3 Å². The maximum Gasteiger partial charge on any atom is 0.406 e. The summed E-state index contributed by atoms with van der Waals surface area (Å²) in [6.45, 7) is 1.31. The summed E-state index contributed by atoms with van der Waals surface area (Å²) >= 11 is 0. The molecular weight excluding hydrogens is 349 g/mol. The first-order valence-electron chi connectivity index (χ1n) is 8.37. The number of carbonyl (C=O) groups is 3. The molecule has 140 valence electrons. The summed E-state index contributed by atoms with van der Waals surface area (Å²) in [6, 6.07) is 1.38. The number of imide groups is 1. The van der Waals surface area contributed by atoms with Crippen molar-refractivity contribution in [2.75, 3.05) is 6.54 Å². The van der Waals surface area contributed by atoms with Crippen molar-refractivity contribution >= 4 is 17.6 Å². The van der Waals surface area contributed by atoms with Crippen LogP contribution in [0.2, 0.25) is 0 Å². The number of amides is 2. The number of Topliss-reactive ketones (excluding diaryl/α,β-unsaturated/α-hetero) is 1. The highest BCUT2D eigenvalue weighted by Gasteiger charge is 2.47. The van der Waals surface area contributed by atoms with Crippen LogP contribution in [0.5, 0.6) is 0 Å². The second kappa shape index (κ2) is 6.41. The van der Waals surface area contributed by atoms with Gasteiger partial charge in [0.05, 0.1) is 18.4 Å². The molecule has 1 saturated heterocycles. The number of hydrogen-bond acceptors (Lipinski definition) is 3. The minimum atomic E-state index is -4.40. The summed E-state index contributed by atoms with van der Waals surface area (Å²) in [5.74, 6) is -2.14. The Morgan fingerprint density at radius 1 is 1.12 bits per heavy atom. The van der Waals surface area contributed by atoms with E-state index in [0.29, 0.717) is 18.5 Å². The lowest BCUT2D eigenvalue weighted by atomic mass is 9.85. The molecule has 1 aromatic heterocycles. The molecular formula is C18H19F3N2O3. The molecule has 0 radical (unpaired) electrons. The predicted octanol–water partition coefficient (Wildman–Crippen LogP) is 2.80. The molecule has 3 rings (SSSR count). The lowest BCUT2D eigenvalue weighted by Gasteiger charge is -2.14. The highest BCUT2D eigenvalue weighted by molar-refractivity contribution is 6.10. The fourth-order valence-electron chi connectivity index (χ4n) is 3.76. The van der Waals surface area contributed by atoms with E-state index in [0.717, 1.165) is 9.47 Å². The van der Waals surface area contributed by atoms with Gasteiger partial charge in [0.1, 0.15) is 6.54 Å². The van der Waals surface area contributed by atoms with Crippen LogP contribution in [-0.4, -0.2) is 39.8 Å². The van der Waals surface area contributed by atoms with E-state index in [-0.39, 0.29) is 23.1 Å². The number of carbonyl (C=O) groups excluding carboxylic acids is 3. The molecule has 2 amide bonds. The van der Waals surface area contributed by atoms with Crippen molar-refractivity contribution in [2.45, 2.75) is 39.4 Å². The number of allylic oxidation sites excluding steroid dienone is 2. The molecule has 1 aromatic rings. The van der Waals surface area contributed by atoms with Crippen molar-refractivity contribution < 1.29 is 27.6 Å². The van der Waals surface area contributed by atoms with Gasteiger partial charge in [-0.2, -0.15) is 13.2 Å². The molecule has 1 aliphatic carbocycles. The highest BCUT2D eigenvalue weighted by atomic mass is 19.4. The third-order valence-corrected chi connectivity index (χ3v) is 5.11. The van der Waals surface area contributed by atoms with E-state index in [1.54, 1.807) is 0 Å². The fraction of sp³-hybridized carbons (Fsp3) is 0.500. The minimum absolute atomic E-state index is 0.111. The molecule has 2 atom stereocenters. The van der Waals surface area contributed by atoms with Gasteiger partial charge in [0.15, 0.2) is 5.78 Å². The SMILES string of the molecule is Cc1cc(C(=O)CN2C(=O)[C@H]3CC=CC[C@H]3C2=O)c(C)n1CC(F)(F)F. The van der Waals surface area contributed by atoms with E-state index in [4.69, 9.17) is 0 Å². The third-order valence-electron chi connectivity index (χ3n) is 5.11. The summed E-state index contributed by atoms with van der Waals surface area (Å²) in [6.07, 6.45) is 0.239. The zero-order valence-electron chi connectivity index (χ0n) is 14.5. The van der Waals surface area contributed by atoms with E-state index in [2.05, 4.69) is 0 Å². The smallest absolute Gasteiger partial charge is 0.339 e. The maximum absolute atomic E-state index is 12.7. The molecule has 26 heavy (non-hydrogen) atoms. The maximum atomic E-state index is 12.7. The number of likely N-dealkylation sites (tertiary alicyclic amines) is 1. The molecule has 0 bridgehead atoms. The summed E-state index contributed by atoms with van der Waals surface area (Å²) in [5, 5.41) is 0. The second-order valence-electron chi connectivity index (χ2n) is 6.83. The average molecular weight is 368 g/mol. The Labute approximate surface area is 148 Å². The molecule has 1 fully saturated rings. The monoisotopic (exact) mass is 368 g/mol. The summed E-state index contributed by atoms with van der Waals surface area (Å²) in [7, 11) is 0. The molecule has 2 heterocycles. The molecule has 0 aromatic carbocycles. The van der Waals surface area contributed by atoms with E-state index in [1.165, 1.54) is 19.9 Å². The quantitative estimate of drug-likeness (QED) is 0.467. The van der Waals surface area contributed by atoms with E-state index in [1.807, 2.05) is 12.2 Å². The first-order chi connectivity index (χ1) is 12.1. The van der Waals surface area contributed by atoms with Crippen LogP contribution in [0.25, 0.3) is 0 Å². The molecule has 0 saturated carbocycles. The van der Waals surface area contributed by atoms with Gasteiger partial charge in [0.2, 0.25) is 11.8 Å². The number of hydrogen-bond donors (Lipinski definition) is 0. The van der Waals surface area contributed by atoms with Crippen LogP contribution in [0.15, 0.2) is 18.2 Å². The third kappa shape index (κ3) is 3.20. The normalized spacial score (nSPS) is 22.9. The van der Waals surface area contributed by atoms with Crippen molar-refractivity contribution in [2.24, 2.45) is 11.8 Å². The van der Waals surface area contributed by atoms with Crippen LogP contribution in [0.1, 0.15) is 34.6 Å². The van der Waals surface area contributed by atoms with Crippen LogP contribution in [-0.2, 0) is 16.1 Å². The van der Waals surface area contributed by atoms with Gasteiger partial charge in [-0.05, 0) is 32.8 Å². The van der Waals surface area contributed by atoms with Gasteiger partial charge in [-0.15, -0.1) is 0 Å². The number of aryl methyl sites for hydroxylation is 1. The predicted molar refractivity (Wildman–Crippen MR) is 86.4 cm³/mol. The molecule has 5 nitrogen and oxygen atoms in total. The van der Waals surface area contributed by atoms with E-state index in [9.17, 15) is 27.6 Å². The Balaban J connectivity index is 1.80. The highest BCUT2D eigenvalue weighted by Crippen LogP contribution is 2.35. The van der Waals surface area contributed by atoms with Crippen molar-refractivity contribution in [3.8, 4) is 0 Å². The number of rotatable bonds is 4. The Kier molecular flexibility index (Phi) is 4.54. The van der Waals surface area contributed by atoms with Crippen LogP contribution in [0.3, 0.4) is 0 Å². The Morgan fingerprint density at radius 3 is 2.15 bits per heavy atom. The Hall–Kier alpha value is -2.38. The number of ketones is 1. The second-order valence-corrected chi connectivity index (χ2v) is 6.83. The first-order valence-corrected chi connectivity index (χ1v) is 8.37. The number of halogens is 3. The van der Waals surface area contributed by atoms with Gasteiger partial charge in [0.25, 0.3) is 0 Å². The van der Waals surface area contributed by atoms with Crippen LogP contribution >= 0.6 is 0 Å². The van der Waals surface area contributed by atoms with Crippen molar-refractivity contribution in [3.05, 3.63) is 35.2 Å². The van der Waals surface area contributed by atoms with Crippen molar-refractivity contribution in [3.63, 3.8) is 0 Å². The Bertz CT molecular complexity index is 781. The van der Waals surface area contributed by atoms with E-state index >= 15 is 0 Å². The lowest BCUT2D eigenvalue weighted by Crippen LogP contribution is -2.36. The average Bonchev–Trinajstić information content (AvgIpc) is 2.97. The first kappa shape index (κ1) is 18.4. The van der Waals surface area contributed by atoms with Crippen LogP contribution in [0.4, 0.5) is 13.2 Å². The van der Waals surface area contributed by atoms with Crippen LogP contribution < -0.4 is 0 Å². The van der Waals surface area contributed by atoms with Gasteiger partial charge >= 0.3 is 6.18 Å². The van der Waals surface area contributed by atoms with Crippen molar-refractivity contribution in [1.82, 2.24) is 9.47 Å². The Morgan fingerprint density at radius 2 is 1.65 bits per heavy atom. The fourth-order valence-corrected chi connectivity index (χ4v) is 3.76. The summed E-state index contributed by atoms with van der Waals surface area (Å²) in [4.78, 5) is 38.4. The van der Waals surface area contributed by atoms with Gasteiger partial charge < -0.3 is 4.57 Å². The molecule has 8 heteroatoms. The standard InChI is InChI=1S/C18H19F3N2O3/c1-10-7-14(11(2)23(10)9-18(19,20)21)15(24)8-22-16(25)12-5-3-4-6-13(12)17(22)26/h3-4,7,12-13H,5-6,8-9H2,1-2H3/t12-,13+. The molecule has 0 N–H and O–H groups in total. The zero-order valence-corrected chi connectivity index (χ0v) is 14.5. The number of fused-ring (bicyclic) bond motifs is 1. The van der Waals surface area contributed by atoms with Gasteiger partial charge in [0, 0.05) is 17.0 Å². The van der Waals surface area contributed by atoms with E-state index < -0.39 is 36.9 Å². The lowest BCUT2D eigenvalue weighted by molar-refractivity contribution is -0.141. The number of nitrogens with zero attached hydrogens (tertiary/aromatic N) is 2. The zero-order chi connectivity index (χ0) is 19.2.